The van der Waals surface area contributed by atoms with E-state index in [9.17, 15) is 9.18 Å². The molecule has 0 atom stereocenters. The molecule has 0 bridgehead atoms. The fraction of sp³-hybridized carbons (Fsp3) is 0.294. The number of hydrogen-bond donors (Lipinski definition) is 1. The minimum atomic E-state index is -0.314. The molecular weight excluding hydrogens is 281 g/mol. The number of nitrogens with one attached hydrogen (secondary N) is 2. The van der Waals surface area contributed by atoms with Gasteiger partial charge in [0.1, 0.15) is 12.4 Å². The van der Waals surface area contributed by atoms with E-state index in [2.05, 4.69) is 17.1 Å². The standard InChI is InChI=1S/C17H18FN3O/c18-16-3-1-15(2-4-16)17(22)21-11-9-20(10-12-21)13-14-5-7-19-8-6-14/h1-8H,9-13H2/p+2. The number of hydrogen-bond acceptors (Lipinski definition) is 1. The lowest BCUT2D eigenvalue weighted by Crippen LogP contribution is -3.13. The normalized spacial score (nSPS) is 15.8. The average Bonchev–Trinajstić information content (AvgIpc) is 2.57. The second kappa shape index (κ2) is 6.66. The van der Waals surface area contributed by atoms with Gasteiger partial charge >= 0.3 is 0 Å². The van der Waals surface area contributed by atoms with E-state index in [1.54, 1.807) is 12.1 Å². The van der Waals surface area contributed by atoms with E-state index in [1.165, 1.54) is 22.6 Å². The Labute approximate surface area is 129 Å². The molecule has 2 heterocycles. The maximum absolute atomic E-state index is 12.9. The highest BCUT2D eigenvalue weighted by atomic mass is 19.1. The van der Waals surface area contributed by atoms with Crippen LogP contribution in [0.25, 0.3) is 0 Å². The number of quaternary nitrogens is 1. The first-order valence-corrected chi connectivity index (χ1v) is 7.56. The summed E-state index contributed by atoms with van der Waals surface area (Å²) in [6.45, 7) is 4.33. The van der Waals surface area contributed by atoms with Crippen molar-refractivity contribution in [3.05, 3.63) is 65.7 Å². The summed E-state index contributed by atoms with van der Waals surface area (Å²) >= 11 is 0. The molecule has 0 saturated carbocycles. The number of halogens is 1. The van der Waals surface area contributed by atoms with Crippen LogP contribution in [0.4, 0.5) is 4.39 Å². The topological polar surface area (TPSA) is 38.9 Å². The summed E-state index contributed by atoms with van der Waals surface area (Å²) in [4.78, 5) is 18.7. The summed E-state index contributed by atoms with van der Waals surface area (Å²) in [6.07, 6.45) is 3.87. The van der Waals surface area contributed by atoms with E-state index < -0.39 is 0 Å². The number of piperazine rings is 1. The lowest BCUT2D eigenvalue weighted by atomic mass is 10.1. The van der Waals surface area contributed by atoms with Gasteiger partial charge in [-0.05, 0) is 24.3 Å². The smallest absolute Gasteiger partial charge is 0.254 e. The van der Waals surface area contributed by atoms with Crippen molar-refractivity contribution in [1.82, 2.24) is 4.90 Å². The van der Waals surface area contributed by atoms with Crippen molar-refractivity contribution in [2.75, 3.05) is 26.2 Å². The van der Waals surface area contributed by atoms with Gasteiger partial charge in [0.05, 0.1) is 26.2 Å². The third kappa shape index (κ3) is 3.49. The number of carbonyl (C=O) groups is 1. The van der Waals surface area contributed by atoms with Crippen molar-refractivity contribution in [2.45, 2.75) is 6.54 Å². The molecule has 0 spiro atoms. The van der Waals surface area contributed by atoms with Gasteiger partial charge in [0.2, 0.25) is 0 Å². The van der Waals surface area contributed by atoms with Crippen molar-refractivity contribution in [3.63, 3.8) is 0 Å². The second-order valence-corrected chi connectivity index (χ2v) is 5.63. The number of carbonyl (C=O) groups excluding carboxylic acids is 1. The van der Waals surface area contributed by atoms with Gasteiger partial charge in [0.15, 0.2) is 12.4 Å². The van der Waals surface area contributed by atoms with Gasteiger partial charge in [-0.3, -0.25) is 4.79 Å². The van der Waals surface area contributed by atoms with Crippen LogP contribution in [0.1, 0.15) is 15.9 Å². The molecule has 1 aromatic heterocycles. The van der Waals surface area contributed by atoms with Crippen LogP contribution in [-0.2, 0) is 6.54 Å². The van der Waals surface area contributed by atoms with Crippen LogP contribution in [0.5, 0.6) is 0 Å². The van der Waals surface area contributed by atoms with E-state index >= 15 is 0 Å². The Balaban J connectivity index is 1.55. The largest absolute Gasteiger partial charge is 0.328 e. The first kappa shape index (κ1) is 14.7. The molecule has 2 N–H and O–H groups in total. The second-order valence-electron chi connectivity index (χ2n) is 5.63. The van der Waals surface area contributed by atoms with Gasteiger partial charge in [-0.25, -0.2) is 9.37 Å². The molecule has 3 rings (SSSR count). The van der Waals surface area contributed by atoms with Crippen LogP contribution in [0, 0.1) is 5.82 Å². The van der Waals surface area contributed by atoms with Crippen LogP contribution < -0.4 is 9.88 Å². The molecule has 1 aromatic carbocycles. The van der Waals surface area contributed by atoms with Gasteiger partial charge in [-0.1, -0.05) is 0 Å². The van der Waals surface area contributed by atoms with Crippen LogP contribution in [0.2, 0.25) is 0 Å². The molecule has 1 fully saturated rings. The average molecular weight is 301 g/mol. The van der Waals surface area contributed by atoms with E-state index in [1.807, 2.05) is 17.3 Å². The highest BCUT2D eigenvalue weighted by Gasteiger charge is 2.24. The first-order chi connectivity index (χ1) is 10.7. The molecule has 1 saturated heterocycles. The van der Waals surface area contributed by atoms with Crippen molar-refractivity contribution in [2.24, 2.45) is 0 Å². The predicted octanol–water partition coefficient (Wildman–Crippen LogP) is 0.181. The lowest BCUT2D eigenvalue weighted by Gasteiger charge is -2.32. The number of nitrogens with zero attached hydrogens (tertiary/aromatic N) is 1. The molecule has 22 heavy (non-hydrogen) atoms. The highest BCUT2D eigenvalue weighted by Crippen LogP contribution is 2.07. The molecule has 0 radical (unpaired) electrons. The van der Waals surface area contributed by atoms with Crippen LogP contribution >= 0.6 is 0 Å². The van der Waals surface area contributed by atoms with Crippen molar-refractivity contribution in [3.8, 4) is 0 Å². The number of aromatic amines is 1. The molecule has 5 heteroatoms. The minimum Gasteiger partial charge on any atom is -0.328 e. The zero-order valence-electron chi connectivity index (χ0n) is 12.4. The van der Waals surface area contributed by atoms with Gasteiger partial charge in [-0.15, -0.1) is 0 Å². The number of rotatable bonds is 3. The first-order valence-electron chi connectivity index (χ1n) is 7.56. The molecule has 1 aliphatic heterocycles. The minimum absolute atomic E-state index is 0.00615. The van der Waals surface area contributed by atoms with Crippen LogP contribution in [-0.4, -0.2) is 37.0 Å². The lowest BCUT2D eigenvalue weighted by molar-refractivity contribution is -0.917. The summed E-state index contributed by atoms with van der Waals surface area (Å²) in [5.74, 6) is -0.320. The van der Waals surface area contributed by atoms with E-state index in [-0.39, 0.29) is 11.7 Å². The van der Waals surface area contributed by atoms with E-state index in [4.69, 9.17) is 0 Å². The molecular formula is C17H20FN3O+2. The Morgan fingerprint density at radius 2 is 1.73 bits per heavy atom. The van der Waals surface area contributed by atoms with E-state index in [0.29, 0.717) is 5.56 Å². The monoisotopic (exact) mass is 301 g/mol. The van der Waals surface area contributed by atoms with Crippen molar-refractivity contribution < 1.29 is 19.1 Å². The Bertz CT molecular complexity index is 622. The summed E-state index contributed by atoms with van der Waals surface area (Å²) in [7, 11) is 0. The number of aromatic nitrogens is 1. The molecule has 1 aliphatic rings. The van der Waals surface area contributed by atoms with Crippen molar-refractivity contribution >= 4 is 5.91 Å². The fourth-order valence-electron chi connectivity index (χ4n) is 2.81. The summed E-state index contributed by atoms with van der Waals surface area (Å²) in [5.41, 5.74) is 1.86. The maximum Gasteiger partial charge on any atom is 0.254 e. The number of H-pyrrole nitrogens is 1. The molecule has 4 nitrogen and oxygen atoms in total. The Morgan fingerprint density at radius 1 is 1.09 bits per heavy atom. The highest BCUT2D eigenvalue weighted by molar-refractivity contribution is 5.94. The van der Waals surface area contributed by atoms with Gasteiger partial charge in [0.25, 0.3) is 5.91 Å². The third-order valence-corrected chi connectivity index (χ3v) is 4.09. The van der Waals surface area contributed by atoms with E-state index in [0.717, 1.165) is 32.7 Å². The van der Waals surface area contributed by atoms with Crippen LogP contribution in [0.3, 0.4) is 0 Å². The number of pyridine rings is 1. The zero-order valence-corrected chi connectivity index (χ0v) is 12.4. The Kier molecular flexibility index (Phi) is 4.44. The SMILES string of the molecule is O=C(c1ccc(F)cc1)N1CC[NH+](Cc2cc[nH+]cc2)CC1. The molecule has 1 amide bonds. The predicted molar refractivity (Wildman–Crippen MR) is 79.7 cm³/mol. The quantitative estimate of drug-likeness (QED) is 0.863. The summed E-state index contributed by atoms with van der Waals surface area (Å²) in [5, 5.41) is 0. The zero-order chi connectivity index (χ0) is 15.4. The van der Waals surface area contributed by atoms with Gasteiger partial charge < -0.3 is 9.80 Å². The number of benzene rings is 1. The fourth-order valence-corrected chi connectivity index (χ4v) is 2.81. The number of amides is 1. The van der Waals surface area contributed by atoms with Crippen LogP contribution in [0.15, 0.2) is 48.8 Å². The van der Waals surface area contributed by atoms with Gasteiger partial charge in [0, 0.05) is 23.3 Å². The summed E-state index contributed by atoms with van der Waals surface area (Å²) < 4.78 is 12.9. The van der Waals surface area contributed by atoms with Gasteiger partial charge in [-0.2, -0.15) is 0 Å². The molecule has 2 aromatic rings. The molecule has 0 aliphatic carbocycles. The van der Waals surface area contributed by atoms with Crippen molar-refractivity contribution in [1.29, 1.82) is 0 Å². The summed E-state index contributed by atoms with van der Waals surface area (Å²) in [6, 6.07) is 9.95. The molecule has 0 unspecified atom stereocenters. The maximum atomic E-state index is 12.9. The Morgan fingerprint density at radius 3 is 2.36 bits per heavy atom. The molecule has 114 valence electrons. The third-order valence-electron chi connectivity index (χ3n) is 4.09. The Hall–Kier alpha value is -2.27.